The van der Waals surface area contributed by atoms with Crippen LogP contribution in [0.4, 0.5) is 5.69 Å². The minimum absolute atomic E-state index is 0.707. The maximum Gasteiger partial charge on any atom is 0.329 e. The molecule has 2 rings (SSSR count). The van der Waals surface area contributed by atoms with E-state index in [1.165, 1.54) is 0 Å². The average Bonchev–Trinajstić information content (AvgIpc) is 2.72. The highest BCUT2D eigenvalue weighted by molar-refractivity contribution is 7.08. The van der Waals surface area contributed by atoms with Gasteiger partial charge >= 0.3 is 5.97 Å². The molecule has 1 unspecified atom stereocenters. The molecule has 0 radical (unpaired) electrons. The molecule has 2 heterocycles. The standard InChI is InChI=1S/C10H13NO2S/c1-10(9(12)13)4-2-5-11(10)8-3-6-14-7-8/h3,6-7H,2,4-5H2,1H3,(H,12,13). The van der Waals surface area contributed by atoms with E-state index in [2.05, 4.69) is 0 Å². The van der Waals surface area contributed by atoms with Gasteiger partial charge in [0.2, 0.25) is 0 Å². The molecule has 4 heteroatoms. The second kappa shape index (κ2) is 3.28. The van der Waals surface area contributed by atoms with Crippen LogP contribution in [0.3, 0.4) is 0 Å². The van der Waals surface area contributed by atoms with E-state index in [-0.39, 0.29) is 0 Å². The van der Waals surface area contributed by atoms with Crippen molar-refractivity contribution in [1.82, 2.24) is 0 Å². The van der Waals surface area contributed by atoms with Crippen molar-refractivity contribution in [2.24, 2.45) is 0 Å². The minimum atomic E-state index is -0.721. The van der Waals surface area contributed by atoms with Crippen molar-refractivity contribution in [2.45, 2.75) is 25.3 Å². The van der Waals surface area contributed by atoms with E-state index in [4.69, 9.17) is 0 Å². The van der Waals surface area contributed by atoms with Crippen LogP contribution in [0.2, 0.25) is 0 Å². The lowest BCUT2D eigenvalue weighted by atomic mass is 9.99. The van der Waals surface area contributed by atoms with Gasteiger partial charge in [-0.1, -0.05) is 0 Å². The molecule has 1 saturated heterocycles. The lowest BCUT2D eigenvalue weighted by molar-refractivity contribution is -0.142. The second-order valence-corrected chi connectivity index (χ2v) is 4.60. The summed E-state index contributed by atoms with van der Waals surface area (Å²) in [5.41, 5.74) is 0.332. The number of carboxylic acids is 1. The van der Waals surface area contributed by atoms with Gasteiger partial charge in [0.05, 0.1) is 0 Å². The number of anilines is 1. The van der Waals surface area contributed by atoms with E-state index >= 15 is 0 Å². The summed E-state index contributed by atoms with van der Waals surface area (Å²) < 4.78 is 0. The topological polar surface area (TPSA) is 40.5 Å². The van der Waals surface area contributed by atoms with Crippen molar-refractivity contribution < 1.29 is 9.90 Å². The molecule has 1 aliphatic rings. The molecule has 76 valence electrons. The molecule has 3 nitrogen and oxygen atoms in total. The van der Waals surface area contributed by atoms with E-state index in [1.54, 1.807) is 18.3 Å². The Labute approximate surface area is 87.0 Å². The SMILES string of the molecule is CC1(C(=O)O)CCCN1c1ccsc1. The maximum absolute atomic E-state index is 11.2. The molecule has 1 atom stereocenters. The quantitative estimate of drug-likeness (QED) is 0.815. The Balaban J connectivity index is 2.32. The summed E-state index contributed by atoms with van der Waals surface area (Å²) in [6, 6.07) is 1.98. The zero-order valence-corrected chi connectivity index (χ0v) is 8.88. The normalized spacial score (nSPS) is 26.8. The second-order valence-electron chi connectivity index (χ2n) is 3.82. The fourth-order valence-electron chi connectivity index (χ4n) is 2.01. The molecule has 0 saturated carbocycles. The van der Waals surface area contributed by atoms with E-state index in [0.717, 1.165) is 25.1 Å². The van der Waals surface area contributed by atoms with Gasteiger partial charge in [0.1, 0.15) is 5.54 Å². The summed E-state index contributed by atoms with van der Waals surface area (Å²) in [7, 11) is 0. The summed E-state index contributed by atoms with van der Waals surface area (Å²) in [5, 5.41) is 13.2. The van der Waals surface area contributed by atoms with Crippen molar-refractivity contribution >= 4 is 23.0 Å². The zero-order valence-electron chi connectivity index (χ0n) is 8.06. The van der Waals surface area contributed by atoms with E-state index in [1.807, 2.05) is 21.7 Å². The molecule has 0 spiro atoms. The van der Waals surface area contributed by atoms with E-state index in [9.17, 15) is 9.90 Å². The van der Waals surface area contributed by atoms with Crippen molar-refractivity contribution in [3.8, 4) is 0 Å². The molecule has 1 aromatic rings. The smallest absolute Gasteiger partial charge is 0.329 e. The van der Waals surface area contributed by atoms with Gasteiger partial charge in [-0.05, 0) is 31.2 Å². The molecule has 0 aliphatic carbocycles. The van der Waals surface area contributed by atoms with Crippen molar-refractivity contribution in [1.29, 1.82) is 0 Å². The first-order chi connectivity index (χ1) is 6.64. The molecule has 14 heavy (non-hydrogen) atoms. The van der Waals surface area contributed by atoms with Crippen molar-refractivity contribution in [2.75, 3.05) is 11.4 Å². The molecule has 1 aromatic heterocycles. The fraction of sp³-hybridized carbons (Fsp3) is 0.500. The van der Waals surface area contributed by atoms with Gasteiger partial charge in [-0.15, -0.1) is 0 Å². The third-order valence-corrected chi connectivity index (χ3v) is 3.59. The largest absolute Gasteiger partial charge is 0.480 e. The predicted octanol–water partition coefficient (Wildman–Crippen LogP) is 2.19. The van der Waals surface area contributed by atoms with Crippen molar-refractivity contribution in [3.63, 3.8) is 0 Å². The summed E-state index contributed by atoms with van der Waals surface area (Å²) in [4.78, 5) is 13.2. The monoisotopic (exact) mass is 211 g/mol. The van der Waals surface area contributed by atoms with Crippen molar-refractivity contribution in [3.05, 3.63) is 16.8 Å². The average molecular weight is 211 g/mol. The highest BCUT2D eigenvalue weighted by Crippen LogP contribution is 2.35. The lowest BCUT2D eigenvalue weighted by Gasteiger charge is -2.32. The van der Waals surface area contributed by atoms with Crippen LogP contribution >= 0.6 is 11.3 Å². The van der Waals surface area contributed by atoms with Crippen LogP contribution in [0.25, 0.3) is 0 Å². The van der Waals surface area contributed by atoms with Crippen LogP contribution in [0.15, 0.2) is 16.8 Å². The highest BCUT2D eigenvalue weighted by atomic mass is 32.1. The van der Waals surface area contributed by atoms with Crippen LogP contribution in [0.5, 0.6) is 0 Å². The molecule has 1 N–H and O–H groups in total. The number of nitrogens with zero attached hydrogens (tertiary/aromatic N) is 1. The van der Waals surface area contributed by atoms with E-state index in [0.29, 0.717) is 0 Å². The van der Waals surface area contributed by atoms with Gasteiger partial charge in [0.15, 0.2) is 0 Å². The Kier molecular flexibility index (Phi) is 2.23. The van der Waals surface area contributed by atoms with Crippen LogP contribution < -0.4 is 4.90 Å². The molecule has 1 aliphatic heterocycles. The Morgan fingerprint density at radius 2 is 2.50 bits per heavy atom. The Morgan fingerprint density at radius 1 is 1.71 bits per heavy atom. The van der Waals surface area contributed by atoms with Gasteiger partial charge in [0.25, 0.3) is 0 Å². The van der Waals surface area contributed by atoms with Crippen LogP contribution in [0.1, 0.15) is 19.8 Å². The summed E-state index contributed by atoms with van der Waals surface area (Å²) in [6.45, 7) is 2.65. The van der Waals surface area contributed by atoms with Crippen LogP contribution in [-0.4, -0.2) is 23.2 Å². The number of aliphatic carboxylic acids is 1. The number of thiophene rings is 1. The summed E-state index contributed by atoms with van der Waals surface area (Å²) in [6.07, 6.45) is 1.69. The Hall–Kier alpha value is -1.03. The molecular weight excluding hydrogens is 198 g/mol. The summed E-state index contributed by atoms with van der Waals surface area (Å²) in [5.74, 6) is -0.721. The summed E-state index contributed by atoms with van der Waals surface area (Å²) >= 11 is 1.60. The number of hydrogen-bond acceptors (Lipinski definition) is 3. The van der Waals surface area contributed by atoms with Gasteiger partial charge in [-0.2, -0.15) is 11.3 Å². The number of carboxylic acid groups (broad SMARTS) is 1. The number of carbonyl (C=O) groups is 1. The van der Waals surface area contributed by atoms with Gasteiger partial charge in [-0.3, -0.25) is 0 Å². The first-order valence-electron chi connectivity index (χ1n) is 4.68. The maximum atomic E-state index is 11.2. The van der Waals surface area contributed by atoms with Gasteiger partial charge < -0.3 is 10.0 Å². The molecular formula is C10H13NO2S. The Bertz CT molecular complexity index is 336. The third-order valence-electron chi connectivity index (χ3n) is 2.92. The van der Waals surface area contributed by atoms with Crippen LogP contribution in [0, 0.1) is 0 Å². The predicted molar refractivity (Wildman–Crippen MR) is 56.9 cm³/mol. The molecule has 0 amide bonds. The number of hydrogen-bond donors (Lipinski definition) is 1. The van der Waals surface area contributed by atoms with Crippen LogP contribution in [-0.2, 0) is 4.79 Å². The molecule has 0 aromatic carbocycles. The van der Waals surface area contributed by atoms with Gasteiger partial charge in [0, 0.05) is 17.6 Å². The zero-order chi connectivity index (χ0) is 10.2. The molecule has 1 fully saturated rings. The molecule has 0 bridgehead atoms. The van der Waals surface area contributed by atoms with E-state index < -0.39 is 11.5 Å². The first-order valence-corrected chi connectivity index (χ1v) is 5.62. The minimum Gasteiger partial charge on any atom is -0.480 e. The first kappa shape index (κ1) is 9.52. The van der Waals surface area contributed by atoms with Gasteiger partial charge in [-0.25, -0.2) is 4.79 Å². The lowest BCUT2D eigenvalue weighted by Crippen LogP contribution is -2.48. The highest BCUT2D eigenvalue weighted by Gasteiger charge is 2.43. The Morgan fingerprint density at radius 3 is 3.07 bits per heavy atom. The third kappa shape index (κ3) is 1.30. The number of rotatable bonds is 2. The fourth-order valence-corrected chi connectivity index (χ4v) is 2.65.